The lowest BCUT2D eigenvalue weighted by molar-refractivity contribution is 0.0231. The van der Waals surface area contributed by atoms with Gasteiger partial charge < -0.3 is 9.64 Å². The normalized spacial score (nSPS) is 18.7. The van der Waals surface area contributed by atoms with Crippen LogP contribution < -0.4 is 0 Å². The molecule has 1 saturated heterocycles. The Morgan fingerprint density at radius 2 is 1.77 bits per heavy atom. The van der Waals surface area contributed by atoms with Crippen LogP contribution in [0.15, 0.2) is 53.4 Å². The second-order valence-electron chi connectivity index (χ2n) is 8.89. The van der Waals surface area contributed by atoms with Crippen LogP contribution in [-0.2, 0) is 21.3 Å². The van der Waals surface area contributed by atoms with Crippen LogP contribution >= 0.6 is 0 Å². The van der Waals surface area contributed by atoms with Gasteiger partial charge in [-0.15, -0.1) is 0 Å². The van der Waals surface area contributed by atoms with E-state index in [1.54, 1.807) is 29.2 Å². The van der Waals surface area contributed by atoms with Gasteiger partial charge in [0, 0.05) is 19.6 Å². The van der Waals surface area contributed by atoms with E-state index in [9.17, 15) is 13.2 Å². The first-order valence-electron chi connectivity index (χ1n) is 10.1. The van der Waals surface area contributed by atoms with E-state index in [4.69, 9.17) is 4.74 Å². The molecule has 0 bridgehead atoms. The molecule has 1 aliphatic heterocycles. The molecule has 0 spiro atoms. The SMILES string of the molecule is Cc1ccc(S(=O)(=O)N2C[C@@H]2CN(Cc2cccc(C)c2)C(=O)OC(C)(C)C)cc1. The predicted molar refractivity (Wildman–Crippen MR) is 117 cm³/mol. The molecule has 6 nitrogen and oxygen atoms in total. The molecular formula is C23H30N2O4S. The molecule has 0 aromatic heterocycles. The second-order valence-corrected chi connectivity index (χ2v) is 10.8. The average molecular weight is 431 g/mol. The molecule has 2 aromatic rings. The summed E-state index contributed by atoms with van der Waals surface area (Å²) < 4.78 is 32.8. The van der Waals surface area contributed by atoms with Crippen molar-refractivity contribution in [1.29, 1.82) is 0 Å². The zero-order valence-corrected chi connectivity index (χ0v) is 19.1. The Morgan fingerprint density at radius 1 is 1.10 bits per heavy atom. The van der Waals surface area contributed by atoms with Crippen molar-refractivity contribution in [2.75, 3.05) is 13.1 Å². The highest BCUT2D eigenvalue weighted by atomic mass is 32.2. The number of carbonyl (C=O) groups is 1. The number of benzene rings is 2. The van der Waals surface area contributed by atoms with E-state index in [1.165, 1.54) is 4.31 Å². The Bertz CT molecular complexity index is 1010. The molecule has 7 heteroatoms. The van der Waals surface area contributed by atoms with Gasteiger partial charge in [0.05, 0.1) is 10.9 Å². The highest BCUT2D eigenvalue weighted by molar-refractivity contribution is 7.89. The van der Waals surface area contributed by atoms with Crippen molar-refractivity contribution in [3.63, 3.8) is 0 Å². The first-order valence-corrected chi connectivity index (χ1v) is 11.5. The van der Waals surface area contributed by atoms with Crippen LogP contribution in [-0.4, -0.2) is 48.4 Å². The Morgan fingerprint density at radius 3 is 2.37 bits per heavy atom. The van der Waals surface area contributed by atoms with Crippen LogP contribution in [0.25, 0.3) is 0 Å². The summed E-state index contributed by atoms with van der Waals surface area (Å²) in [5.74, 6) is 0. The smallest absolute Gasteiger partial charge is 0.410 e. The molecule has 2 aromatic carbocycles. The molecule has 2 atom stereocenters. The van der Waals surface area contributed by atoms with Gasteiger partial charge in [-0.2, -0.15) is 4.31 Å². The summed E-state index contributed by atoms with van der Waals surface area (Å²) in [6, 6.07) is 14.5. The number of sulfonamides is 1. The lowest BCUT2D eigenvalue weighted by Crippen LogP contribution is -2.39. The van der Waals surface area contributed by atoms with E-state index in [-0.39, 0.29) is 17.5 Å². The lowest BCUT2D eigenvalue weighted by Gasteiger charge is -2.27. The Balaban J connectivity index is 1.75. The number of ether oxygens (including phenoxy) is 1. The van der Waals surface area contributed by atoms with Crippen LogP contribution in [0, 0.1) is 13.8 Å². The standard InChI is InChI=1S/C23H30N2O4S/c1-17-9-11-21(12-10-17)30(27,28)25-16-20(25)15-24(22(26)29-23(3,4)5)14-19-8-6-7-18(2)13-19/h6-13,20H,14-16H2,1-5H3/t20-,25?/m0/s1. The Hall–Kier alpha value is -2.38. The molecule has 1 amide bonds. The van der Waals surface area contributed by atoms with Crippen molar-refractivity contribution in [1.82, 2.24) is 9.21 Å². The largest absolute Gasteiger partial charge is 0.444 e. The van der Waals surface area contributed by atoms with E-state index in [2.05, 4.69) is 0 Å². The summed E-state index contributed by atoms with van der Waals surface area (Å²) in [6.07, 6.45) is -0.441. The van der Waals surface area contributed by atoms with E-state index < -0.39 is 21.7 Å². The summed E-state index contributed by atoms with van der Waals surface area (Å²) in [4.78, 5) is 14.7. The second kappa shape index (κ2) is 8.40. The maximum absolute atomic E-state index is 12.9. The van der Waals surface area contributed by atoms with E-state index >= 15 is 0 Å². The lowest BCUT2D eigenvalue weighted by atomic mass is 10.1. The zero-order valence-electron chi connectivity index (χ0n) is 18.3. The van der Waals surface area contributed by atoms with E-state index in [0.717, 1.165) is 16.7 Å². The molecule has 3 rings (SSSR count). The number of hydrogen-bond acceptors (Lipinski definition) is 4. The number of aryl methyl sites for hydroxylation is 2. The van der Waals surface area contributed by atoms with Gasteiger partial charge >= 0.3 is 6.09 Å². The van der Waals surface area contributed by atoms with Gasteiger partial charge in [-0.05, 0) is 52.3 Å². The summed E-state index contributed by atoms with van der Waals surface area (Å²) in [5.41, 5.74) is 2.46. The highest BCUT2D eigenvalue weighted by Crippen LogP contribution is 2.30. The van der Waals surface area contributed by atoms with Crippen LogP contribution in [0.2, 0.25) is 0 Å². The van der Waals surface area contributed by atoms with Gasteiger partial charge in [0.2, 0.25) is 10.0 Å². The summed E-state index contributed by atoms with van der Waals surface area (Å²) >= 11 is 0. The average Bonchev–Trinajstić information content (AvgIpc) is 3.40. The van der Waals surface area contributed by atoms with Gasteiger partial charge in [0.1, 0.15) is 5.60 Å². The van der Waals surface area contributed by atoms with Crippen molar-refractivity contribution >= 4 is 16.1 Å². The van der Waals surface area contributed by atoms with Gasteiger partial charge in [-0.25, -0.2) is 13.2 Å². The fourth-order valence-corrected chi connectivity index (χ4v) is 4.84. The van der Waals surface area contributed by atoms with Crippen LogP contribution in [0.1, 0.15) is 37.5 Å². The van der Waals surface area contributed by atoms with Crippen LogP contribution in [0.5, 0.6) is 0 Å². The van der Waals surface area contributed by atoms with Gasteiger partial charge in [0.15, 0.2) is 0 Å². The van der Waals surface area contributed by atoms with Gasteiger partial charge in [-0.3, -0.25) is 0 Å². The maximum atomic E-state index is 12.9. The zero-order chi connectivity index (χ0) is 22.1. The molecule has 1 aliphatic rings. The van der Waals surface area contributed by atoms with Gasteiger partial charge in [-0.1, -0.05) is 47.5 Å². The minimum atomic E-state index is -3.56. The van der Waals surface area contributed by atoms with Crippen LogP contribution in [0.4, 0.5) is 4.79 Å². The Kier molecular flexibility index (Phi) is 6.24. The molecule has 0 N–H and O–H groups in total. The molecule has 1 heterocycles. The first kappa shape index (κ1) is 22.3. The quantitative estimate of drug-likeness (QED) is 0.647. The fraction of sp³-hybridized carbons (Fsp3) is 0.435. The predicted octanol–water partition coefficient (Wildman–Crippen LogP) is 4.11. The highest BCUT2D eigenvalue weighted by Gasteiger charge is 2.46. The molecule has 1 fully saturated rings. The molecule has 0 saturated carbocycles. The number of amides is 1. The molecular weight excluding hydrogens is 400 g/mol. The third-order valence-electron chi connectivity index (χ3n) is 4.83. The molecule has 30 heavy (non-hydrogen) atoms. The van der Waals surface area contributed by atoms with Crippen molar-refractivity contribution in [2.24, 2.45) is 0 Å². The van der Waals surface area contributed by atoms with E-state index in [0.29, 0.717) is 13.1 Å². The summed E-state index contributed by atoms with van der Waals surface area (Å²) in [7, 11) is -3.56. The topological polar surface area (TPSA) is 66.7 Å². The maximum Gasteiger partial charge on any atom is 0.410 e. The van der Waals surface area contributed by atoms with Crippen molar-refractivity contribution < 1.29 is 17.9 Å². The van der Waals surface area contributed by atoms with Crippen molar-refractivity contribution in [3.05, 3.63) is 65.2 Å². The van der Waals surface area contributed by atoms with Crippen LogP contribution in [0.3, 0.4) is 0 Å². The first-order chi connectivity index (χ1) is 14.0. The molecule has 0 radical (unpaired) electrons. The van der Waals surface area contributed by atoms with Crippen molar-refractivity contribution in [2.45, 2.75) is 57.7 Å². The van der Waals surface area contributed by atoms with Gasteiger partial charge in [0.25, 0.3) is 0 Å². The summed E-state index contributed by atoms with van der Waals surface area (Å²) in [5, 5.41) is 0. The minimum absolute atomic E-state index is 0.256. The molecule has 162 valence electrons. The van der Waals surface area contributed by atoms with E-state index in [1.807, 2.05) is 58.9 Å². The fourth-order valence-electron chi connectivity index (χ4n) is 3.26. The third-order valence-corrected chi connectivity index (χ3v) is 6.76. The number of nitrogens with zero attached hydrogens (tertiary/aromatic N) is 2. The Labute approximate surface area is 179 Å². The third kappa shape index (κ3) is 5.61. The number of rotatable bonds is 6. The monoisotopic (exact) mass is 430 g/mol. The summed E-state index contributed by atoms with van der Waals surface area (Å²) in [6.45, 7) is 10.4. The number of hydrogen-bond donors (Lipinski definition) is 0. The van der Waals surface area contributed by atoms with Crippen molar-refractivity contribution in [3.8, 4) is 0 Å². The minimum Gasteiger partial charge on any atom is -0.444 e. The molecule has 1 unspecified atom stereocenters. The number of carbonyl (C=O) groups excluding carboxylic acids is 1. The molecule has 0 aliphatic carbocycles.